The number of hydrazone groups is 1. The molecule has 0 saturated heterocycles. The summed E-state index contributed by atoms with van der Waals surface area (Å²) >= 11 is 0. The van der Waals surface area contributed by atoms with Crippen LogP contribution in [0, 0.1) is 10.1 Å². The Morgan fingerprint density at radius 3 is 2.60 bits per heavy atom. The van der Waals surface area contributed by atoms with E-state index in [1.54, 1.807) is 32.2 Å². The molecule has 0 unspecified atom stereocenters. The lowest BCUT2D eigenvalue weighted by atomic mass is 10.3. The van der Waals surface area contributed by atoms with Crippen molar-refractivity contribution >= 4 is 27.6 Å². The van der Waals surface area contributed by atoms with Gasteiger partial charge in [0.2, 0.25) is 10.0 Å². The maximum Gasteiger partial charge on any atom is 0.295 e. The number of benzene rings is 1. The Hall–Kier alpha value is -2.72. The topological polar surface area (TPSA) is 121 Å². The number of nitrogens with zero attached hydrogens (tertiary/aromatic N) is 3. The van der Waals surface area contributed by atoms with Gasteiger partial charge in [-0.1, -0.05) is 13.8 Å². The van der Waals surface area contributed by atoms with Crippen molar-refractivity contribution in [2.75, 3.05) is 18.5 Å². The summed E-state index contributed by atoms with van der Waals surface area (Å²) in [6.07, 6.45) is 3.18. The summed E-state index contributed by atoms with van der Waals surface area (Å²) in [6, 6.07) is 7.27. The third-order valence-electron chi connectivity index (χ3n) is 3.52. The van der Waals surface area contributed by atoms with Crippen molar-refractivity contribution in [1.29, 1.82) is 0 Å². The SMILES string of the molecule is CCN(CC)S(=O)(=O)c1ccc(NN=Cc2ccc[nH]2)c([N+](=O)[O-])c1. The minimum atomic E-state index is -3.77. The molecule has 2 N–H and O–H groups in total. The Kier molecular flexibility index (Phi) is 5.88. The molecule has 0 saturated carbocycles. The largest absolute Gasteiger partial charge is 0.360 e. The van der Waals surface area contributed by atoms with Crippen LogP contribution < -0.4 is 5.43 Å². The second-order valence-corrected chi connectivity index (χ2v) is 6.96. The molecule has 0 aliphatic heterocycles. The maximum atomic E-state index is 12.5. The minimum Gasteiger partial charge on any atom is -0.360 e. The lowest BCUT2D eigenvalue weighted by Crippen LogP contribution is -2.30. The molecule has 0 atom stereocenters. The summed E-state index contributed by atoms with van der Waals surface area (Å²) in [4.78, 5) is 13.4. The van der Waals surface area contributed by atoms with E-state index < -0.39 is 14.9 Å². The van der Waals surface area contributed by atoms with Crippen LogP contribution in [0.5, 0.6) is 0 Å². The first-order valence-electron chi connectivity index (χ1n) is 7.61. The number of aromatic nitrogens is 1. The van der Waals surface area contributed by atoms with Crippen molar-refractivity contribution in [1.82, 2.24) is 9.29 Å². The van der Waals surface area contributed by atoms with Crippen molar-refractivity contribution in [2.45, 2.75) is 18.7 Å². The van der Waals surface area contributed by atoms with Crippen molar-refractivity contribution in [3.8, 4) is 0 Å². The van der Waals surface area contributed by atoms with Crippen LogP contribution in [0.1, 0.15) is 19.5 Å². The van der Waals surface area contributed by atoms with Crippen LogP contribution in [0.3, 0.4) is 0 Å². The van der Waals surface area contributed by atoms with Crippen molar-refractivity contribution in [2.24, 2.45) is 5.10 Å². The van der Waals surface area contributed by atoms with E-state index in [1.807, 2.05) is 0 Å². The lowest BCUT2D eigenvalue weighted by Gasteiger charge is -2.18. The lowest BCUT2D eigenvalue weighted by molar-refractivity contribution is -0.384. The molecule has 0 radical (unpaired) electrons. The van der Waals surface area contributed by atoms with Crippen LogP contribution in [0.15, 0.2) is 46.5 Å². The average molecular weight is 365 g/mol. The van der Waals surface area contributed by atoms with E-state index in [1.165, 1.54) is 22.7 Å². The summed E-state index contributed by atoms with van der Waals surface area (Å²) in [5.41, 5.74) is 3.03. The van der Waals surface area contributed by atoms with Gasteiger partial charge in [-0.2, -0.15) is 9.41 Å². The summed E-state index contributed by atoms with van der Waals surface area (Å²) in [7, 11) is -3.77. The number of H-pyrrole nitrogens is 1. The molecule has 10 heteroatoms. The number of nitrogens with one attached hydrogen (secondary N) is 2. The summed E-state index contributed by atoms with van der Waals surface area (Å²) in [5.74, 6) is 0. The van der Waals surface area contributed by atoms with Gasteiger partial charge >= 0.3 is 0 Å². The van der Waals surface area contributed by atoms with Crippen LogP contribution >= 0.6 is 0 Å². The number of nitro groups is 1. The standard InChI is InChI=1S/C15H19N5O4S/c1-3-19(4-2)25(23,24)13-7-8-14(15(10-13)20(21)22)18-17-11-12-6-5-9-16-12/h5-11,16,18H,3-4H2,1-2H3. The number of sulfonamides is 1. The quantitative estimate of drug-likeness (QED) is 0.423. The normalized spacial score (nSPS) is 12.0. The first-order valence-corrected chi connectivity index (χ1v) is 9.05. The Morgan fingerprint density at radius 1 is 1.32 bits per heavy atom. The van der Waals surface area contributed by atoms with Crippen LogP contribution in [-0.2, 0) is 10.0 Å². The van der Waals surface area contributed by atoms with Crippen LogP contribution in [0.25, 0.3) is 0 Å². The van der Waals surface area contributed by atoms with Gasteiger partial charge in [0.1, 0.15) is 5.69 Å². The zero-order chi connectivity index (χ0) is 18.4. The van der Waals surface area contributed by atoms with Crippen molar-refractivity contribution in [3.05, 3.63) is 52.3 Å². The van der Waals surface area contributed by atoms with Gasteiger partial charge in [-0.25, -0.2) is 8.42 Å². The monoisotopic (exact) mass is 365 g/mol. The summed E-state index contributed by atoms with van der Waals surface area (Å²) in [5, 5.41) is 15.2. The van der Waals surface area contributed by atoms with E-state index in [0.717, 1.165) is 11.8 Å². The molecule has 1 aromatic heterocycles. The van der Waals surface area contributed by atoms with E-state index >= 15 is 0 Å². The third kappa shape index (κ3) is 4.22. The molecular weight excluding hydrogens is 346 g/mol. The second-order valence-electron chi connectivity index (χ2n) is 5.02. The number of anilines is 1. The van der Waals surface area contributed by atoms with Crippen LogP contribution in [0.2, 0.25) is 0 Å². The molecular formula is C15H19N5O4S. The highest BCUT2D eigenvalue weighted by atomic mass is 32.2. The number of hydrogen-bond acceptors (Lipinski definition) is 6. The third-order valence-corrected chi connectivity index (χ3v) is 5.57. The molecule has 9 nitrogen and oxygen atoms in total. The highest BCUT2D eigenvalue weighted by molar-refractivity contribution is 7.89. The predicted molar refractivity (Wildman–Crippen MR) is 95.2 cm³/mol. The zero-order valence-electron chi connectivity index (χ0n) is 13.8. The minimum absolute atomic E-state index is 0.103. The molecule has 0 amide bonds. The highest BCUT2D eigenvalue weighted by Crippen LogP contribution is 2.29. The molecule has 1 heterocycles. The summed E-state index contributed by atoms with van der Waals surface area (Å²) in [6.45, 7) is 3.99. The van der Waals surface area contributed by atoms with Gasteiger partial charge in [-0.15, -0.1) is 0 Å². The fraction of sp³-hybridized carbons (Fsp3) is 0.267. The van der Waals surface area contributed by atoms with E-state index in [9.17, 15) is 18.5 Å². The van der Waals surface area contributed by atoms with Gasteiger partial charge in [0, 0.05) is 25.4 Å². The Balaban J connectivity index is 2.33. The van der Waals surface area contributed by atoms with Gasteiger partial charge in [0.25, 0.3) is 5.69 Å². The molecule has 1 aromatic carbocycles. The molecule has 134 valence electrons. The second kappa shape index (κ2) is 7.90. The Labute approximate surface area is 145 Å². The number of rotatable bonds is 8. The van der Waals surface area contributed by atoms with Crippen molar-refractivity contribution < 1.29 is 13.3 Å². The van der Waals surface area contributed by atoms with Crippen LogP contribution in [-0.4, -0.2) is 41.9 Å². The van der Waals surface area contributed by atoms with Gasteiger partial charge in [0.15, 0.2) is 0 Å². The fourth-order valence-electron chi connectivity index (χ4n) is 2.23. The average Bonchev–Trinajstić information content (AvgIpc) is 3.09. The maximum absolute atomic E-state index is 12.5. The Morgan fingerprint density at radius 2 is 2.04 bits per heavy atom. The molecule has 0 bridgehead atoms. The van der Waals surface area contributed by atoms with Gasteiger partial charge < -0.3 is 4.98 Å². The van der Waals surface area contributed by atoms with Gasteiger partial charge in [0.05, 0.1) is 21.7 Å². The smallest absolute Gasteiger partial charge is 0.295 e. The molecule has 2 rings (SSSR count). The Bertz CT molecular complexity index is 858. The first-order chi connectivity index (χ1) is 11.9. The highest BCUT2D eigenvalue weighted by Gasteiger charge is 2.25. The van der Waals surface area contributed by atoms with Crippen LogP contribution in [0.4, 0.5) is 11.4 Å². The van der Waals surface area contributed by atoms with Gasteiger partial charge in [-0.05, 0) is 24.3 Å². The molecule has 0 spiro atoms. The van der Waals surface area contributed by atoms with E-state index in [0.29, 0.717) is 0 Å². The molecule has 2 aromatic rings. The summed E-state index contributed by atoms with van der Waals surface area (Å²) < 4.78 is 26.2. The van der Waals surface area contributed by atoms with E-state index in [4.69, 9.17) is 0 Å². The molecule has 0 aliphatic carbocycles. The number of nitro benzene ring substituents is 1. The molecule has 0 aliphatic rings. The predicted octanol–water partition coefficient (Wildman–Crippen LogP) is 2.40. The zero-order valence-corrected chi connectivity index (χ0v) is 14.7. The van der Waals surface area contributed by atoms with Crippen molar-refractivity contribution in [3.63, 3.8) is 0 Å². The molecule has 25 heavy (non-hydrogen) atoms. The van der Waals surface area contributed by atoms with E-state index in [2.05, 4.69) is 15.5 Å². The first kappa shape index (κ1) is 18.6. The molecule has 0 fully saturated rings. The van der Waals surface area contributed by atoms with Gasteiger partial charge in [-0.3, -0.25) is 15.5 Å². The number of aromatic amines is 1. The van der Waals surface area contributed by atoms with E-state index in [-0.39, 0.29) is 29.4 Å². The fourth-order valence-corrected chi connectivity index (χ4v) is 3.70. The number of hydrogen-bond donors (Lipinski definition) is 2.